The molecule has 0 spiro atoms. The van der Waals surface area contributed by atoms with Crippen LogP contribution in [0.25, 0.3) is 0 Å². The van der Waals surface area contributed by atoms with E-state index >= 15 is 0 Å². The molecule has 2 heterocycles. The topological polar surface area (TPSA) is 62.7 Å². The number of carboxylic acid groups (broad SMARTS) is 1. The molecule has 1 saturated heterocycles. The van der Waals surface area contributed by atoms with Crippen LogP contribution in [-0.2, 0) is 4.74 Å². The van der Waals surface area contributed by atoms with Gasteiger partial charge in [0.1, 0.15) is 5.82 Å². The van der Waals surface area contributed by atoms with Crippen LogP contribution >= 0.6 is 0 Å². The lowest BCUT2D eigenvalue weighted by Crippen LogP contribution is -2.35. The van der Waals surface area contributed by atoms with Crippen molar-refractivity contribution in [1.29, 1.82) is 0 Å². The third-order valence-corrected chi connectivity index (χ3v) is 3.29. The highest BCUT2D eigenvalue weighted by Gasteiger charge is 2.20. The predicted octanol–water partition coefficient (Wildman–Crippen LogP) is 1.64. The molecule has 1 aliphatic heterocycles. The number of carboxylic acids is 1. The van der Waals surface area contributed by atoms with Crippen molar-refractivity contribution in [2.75, 3.05) is 31.7 Å². The fourth-order valence-electron chi connectivity index (χ4n) is 2.28. The molecule has 2 rings (SSSR count). The summed E-state index contributed by atoms with van der Waals surface area (Å²) in [5, 5.41) is 8.92. The van der Waals surface area contributed by atoms with Crippen LogP contribution in [0.4, 0.5) is 5.82 Å². The Balaban J connectivity index is 2.01. The molecule has 5 nitrogen and oxygen atoms in total. The highest BCUT2D eigenvalue weighted by atomic mass is 16.5. The summed E-state index contributed by atoms with van der Waals surface area (Å²) in [7, 11) is 1.73. The second-order valence-electron chi connectivity index (χ2n) is 4.57. The van der Waals surface area contributed by atoms with Gasteiger partial charge in [0.15, 0.2) is 5.69 Å². The van der Waals surface area contributed by atoms with E-state index in [2.05, 4.69) is 9.88 Å². The van der Waals surface area contributed by atoms with E-state index in [1.165, 1.54) is 6.07 Å². The molecule has 0 atom stereocenters. The molecule has 1 fully saturated rings. The zero-order chi connectivity index (χ0) is 13.0. The summed E-state index contributed by atoms with van der Waals surface area (Å²) < 4.78 is 5.16. The Morgan fingerprint density at radius 1 is 1.50 bits per heavy atom. The summed E-state index contributed by atoms with van der Waals surface area (Å²) in [6.07, 6.45) is 2.12. The van der Waals surface area contributed by atoms with E-state index in [0.717, 1.165) is 38.4 Å². The molecule has 1 aromatic heterocycles. The maximum atomic E-state index is 10.9. The number of anilines is 1. The van der Waals surface area contributed by atoms with Gasteiger partial charge in [-0.15, -0.1) is 0 Å². The summed E-state index contributed by atoms with van der Waals surface area (Å²) in [6.45, 7) is 2.62. The van der Waals surface area contributed by atoms with Crippen LogP contribution in [0.2, 0.25) is 0 Å². The van der Waals surface area contributed by atoms with Crippen LogP contribution in [0, 0.1) is 5.92 Å². The van der Waals surface area contributed by atoms with Crippen LogP contribution in [0.1, 0.15) is 23.3 Å². The van der Waals surface area contributed by atoms with Gasteiger partial charge >= 0.3 is 5.97 Å². The van der Waals surface area contributed by atoms with Gasteiger partial charge in [-0.1, -0.05) is 6.07 Å². The highest BCUT2D eigenvalue weighted by molar-refractivity contribution is 5.85. The first-order chi connectivity index (χ1) is 8.70. The van der Waals surface area contributed by atoms with E-state index in [1.54, 1.807) is 13.2 Å². The summed E-state index contributed by atoms with van der Waals surface area (Å²) in [4.78, 5) is 17.2. The molecule has 1 aliphatic rings. The summed E-state index contributed by atoms with van der Waals surface area (Å²) in [6, 6.07) is 5.12. The SMILES string of the molecule is COCC1CCN(c2cccc(C(=O)O)n2)CC1. The standard InChI is InChI=1S/C13H18N2O3/c1-18-9-10-5-7-15(8-6-10)12-4-2-3-11(14-12)13(16)17/h2-4,10H,5-9H2,1H3,(H,16,17). The van der Waals surface area contributed by atoms with Gasteiger partial charge in [0.05, 0.1) is 0 Å². The number of nitrogens with zero attached hydrogens (tertiary/aromatic N) is 2. The average molecular weight is 250 g/mol. The lowest BCUT2D eigenvalue weighted by Gasteiger charge is -2.32. The number of piperidine rings is 1. The number of aromatic nitrogens is 1. The molecule has 0 aromatic carbocycles. The molecule has 18 heavy (non-hydrogen) atoms. The van der Waals surface area contributed by atoms with Gasteiger partial charge in [0.2, 0.25) is 0 Å². The van der Waals surface area contributed by atoms with E-state index in [0.29, 0.717) is 5.92 Å². The van der Waals surface area contributed by atoms with Crippen LogP contribution in [-0.4, -0.2) is 42.9 Å². The number of hydrogen-bond acceptors (Lipinski definition) is 4. The zero-order valence-corrected chi connectivity index (χ0v) is 10.5. The maximum Gasteiger partial charge on any atom is 0.354 e. The highest BCUT2D eigenvalue weighted by Crippen LogP contribution is 2.22. The first kappa shape index (κ1) is 12.8. The molecular formula is C13H18N2O3. The Kier molecular flexibility index (Phi) is 4.15. The van der Waals surface area contributed by atoms with Gasteiger partial charge in [0.25, 0.3) is 0 Å². The molecule has 0 aliphatic carbocycles. The van der Waals surface area contributed by atoms with Crippen molar-refractivity contribution >= 4 is 11.8 Å². The fourth-order valence-corrected chi connectivity index (χ4v) is 2.28. The van der Waals surface area contributed by atoms with Crippen molar-refractivity contribution in [2.24, 2.45) is 5.92 Å². The number of hydrogen-bond donors (Lipinski definition) is 1. The van der Waals surface area contributed by atoms with Crippen LogP contribution in [0.5, 0.6) is 0 Å². The van der Waals surface area contributed by atoms with Crippen LogP contribution < -0.4 is 4.90 Å². The van der Waals surface area contributed by atoms with Crippen molar-refractivity contribution in [3.05, 3.63) is 23.9 Å². The zero-order valence-electron chi connectivity index (χ0n) is 10.5. The minimum atomic E-state index is -0.980. The number of methoxy groups -OCH3 is 1. The van der Waals surface area contributed by atoms with Gasteiger partial charge in [-0.3, -0.25) is 0 Å². The second kappa shape index (κ2) is 5.82. The number of ether oxygens (including phenoxy) is 1. The summed E-state index contributed by atoms with van der Waals surface area (Å²) in [5.41, 5.74) is 0.103. The van der Waals surface area contributed by atoms with Gasteiger partial charge in [0, 0.05) is 26.8 Å². The number of rotatable bonds is 4. The van der Waals surface area contributed by atoms with Crippen molar-refractivity contribution in [3.63, 3.8) is 0 Å². The Hall–Kier alpha value is -1.62. The molecule has 1 N–H and O–H groups in total. The molecule has 5 heteroatoms. The maximum absolute atomic E-state index is 10.9. The quantitative estimate of drug-likeness (QED) is 0.880. The van der Waals surface area contributed by atoms with Gasteiger partial charge in [-0.25, -0.2) is 9.78 Å². The lowest BCUT2D eigenvalue weighted by atomic mass is 9.98. The number of aromatic carboxylic acids is 1. The smallest absolute Gasteiger partial charge is 0.354 e. The van der Waals surface area contributed by atoms with Crippen molar-refractivity contribution in [1.82, 2.24) is 4.98 Å². The molecule has 98 valence electrons. The molecule has 0 unspecified atom stereocenters. The monoisotopic (exact) mass is 250 g/mol. The summed E-state index contributed by atoms with van der Waals surface area (Å²) in [5.74, 6) is 0.380. The third-order valence-electron chi connectivity index (χ3n) is 3.29. The van der Waals surface area contributed by atoms with E-state index in [4.69, 9.17) is 9.84 Å². The Morgan fingerprint density at radius 3 is 2.83 bits per heavy atom. The van der Waals surface area contributed by atoms with Crippen molar-refractivity contribution < 1.29 is 14.6 Å². The number of pyridine rings is 1. The predicted molar refractivity (Wildman–Crippen MR) is 68.0 cm³/mol. The first-order valence-corrected chi connectivity index (χ1v) is 6.15. The Bertz CT molecular complexity index is 414. The average Bonchev–Trinajstić information content (AvgIpc) is 2.40. The largest absolute Gasteiger partial charge is 0.477 e. The second-order valence-corrected chi connectivity index (χ2v) is 4.57. The minimum Gasteiger partial charge on any atom is -0.477 e. The van der Waals surface area contributed by atoms with Crippen molar-refractivity contribution in [3.8, 4) is 0 Å². The molecule has 0 bridgehead atoms. The van der Waals surface area contributed by atoms with Crippen LogP contribution in [0.15, 0.2) is 18.2 Å². The number of carbonyl (C=O) groups is 1. The van der Waals surface area contributed by atoms with Crippen molar-refractivity contribution in [2.45, 2.75) is 12.8 Å². The fraction of sp³-hybridized carbons (Fsp3) is 0.538. The van der Waals surface area contributed by atoms with E-state index in [-0.39, 0.29) is 5.69 Å². The van der Waals surface area contributed by atoms with E-state index in [1.807, 2.05) is 6.07 Å². The summed E-state index contributed by atoms with van der Waals surface area (Å²) >= 11 is 0. The molecule has 1 aromatic rings. The Labute approximate surface area is 106 Å². The normalized spacial score (nSPS) is 16.8. The Morgan fingerprint density at radius 2 is 2.22 bits per heavy atom. The third kappa shape index (κ3) is 2.98. The van der Waals surface area contributed by atoms with E-state index in [9.17, 15) is 4.79 Å². The lowest BCUT2D eigenvalue weighted by molar-refractivity contribution is 0.0690. The van der Waals surface area contributed by atoms with Gasteiger partial charge in [-0.2, -0.15) is 0 Å². The molecule has 0 saturated carbocycles. The first-order valence-electron chi connectivity index (χ1n) is 6.15. The van der Waals surface area contributed by atoms with Crippen LogP contribution in [0.3, 0.4) is 0 Å². The molecule has 0 amide bonds. The molecule has 0 radical (unpaired) electrons. The van der Waals surface area contributed by atoms with Gasteiger partial charge < -0.3 is 14.7 Å². The molecular weight excluding hydrogens is 232 g/mol. The van der Waals surface area contributed by atoms with Gasteiger partial charge in [-0.05, 0) is 30.9 Å². The van der Waals surface area contributed by atoms with E-state index < -0.39 is 5.97 Å². The minimum absolute atomic E-state index is 0.103.